The largest absolute Gasteiger partial charge is 0.370 e. The van der Waals surface area contributed by atoms with Crippen LogP contribution in [0.5, 0.6) is 0 Å². The predicted octanol–water partition coefficient (Wildman–Crippen LogP) is 2.75. The summed E-state index contributed by atoms with van der Waals surface area (Å²) in [6.45, 7) is 2.17. The Labute approximate surface area is 133 Å². The van der Waals surface area contributed by atoms with Gasteiger partial charge in [0, 0.05) is 18.5 Å². The zero-order chi connectivity index (χ0) is 16.1. The van der Waals surface area contributed by atoms with Crippen LogP contribution in [0.4, 0.5) is 0 Å². The number of Topliss-reactive ketones (excluding diaryl/α,β-unsaturated/α-hetero) is 1. The van der Waals surface area contributed by atoms with Crippen LogP contribution in [-0.2, 0) is 0 Å². The van der Waals surface area contributed by atoms with Crippen molar-refractivity contribution in [2.75, 3.05) is 6.54 Å². The minimum atomic E-state index is -0.106. The zero-order valence-corrected chi connectivity index (χ0v) is 12.9. The smallest absolute Gasteiger partial charge is 0.185 e. The molecule has 0 amide bonds. The van der Waals surface area contributed by atoms with E-state index in [1.54, 1.807) is 19.1 Å². The van der Waals surface area contributed by atoms with Gasteiger partial charge in [-0.1, -0.05) is 35.0 Å². The Kier molecular flexibility index (Phi) is 5.16. The molecule has 22 heavy (non-hydrogen) atoms. The fourth-order valence-electron chi connectivity index (χ4n) is 2.13. The quantitative estimate of drug-likeness (QED) is 0.328. The molecule has 6 nitrogen and oxygen atoms in total. The van der Waals surface area contributed by atoms with Gasteiger partial charge in [0.05, 0.1) is 10.6 Å². The number of aromatic nitrogens is 1. The number of nitrogens with two attached hydrogens (primary N) is 1. The Hall–Kier alpha value is -2.34. The van der Waals surface area contributed by atoms with Crippen molar-refractivity contribution in [2.24, 2.45) is 5.73 Å². The number of nitrogens with zero attached hydrogens (tertiary/aromatic N) is 1. The Bertz CT molecular complexity index is 697. The van der Waals surface area contributed by atoms with Gasteiger partial charge in [0.15, 0.2) is 11.7 Å². The Morgan fingerprint density at radius 2 is 2.18 bits per heavy atom. The highest BCUT2D eigenvalue weighted by Crippen LogP contribution is 2.31. The summed E-state index contributed by atoms with van der Waals surface area (Å²) in [7, 11) is 0. The van der Waals surface area contributed by atoms with Gasteiger partial charge in [-0.2, -0.15) is 0 Å². The number of benzene rings is 1. The van der Waals surface area contributed by atoms with Crippen molar-refractivity contribution in [1.29, 1.82) is 5.41 Å². The maximum atomic E-state index is 12.4. The van der Waals surface area contributed by atoms with Gasteiger partial charge in [-0.25, -0.2) is 0 Å². The molecule has 0 radical (unpaired) electrons. The number of carbonyl (C=O) groups is 1. The molecule has 2 aromatic rings. The number of ketones is 1. The third-order valence-electron chi connectivity index (χ3n) is 3.17. The highest BCUT2D eigenvalue weighted by Gasteiger charge is 2.22. The van der Waals surface area contributed by atoms with Crippen molar-refractivity contribution >= 4 is 23.3 Å². The maximum Gasteiger partial charge on any atom is 0.185 e. The van der Waals surface area contributed by atoms with Crippen molar-refractivity contribution in [3.05, 3.63) is 40.6 Å². The minimum absolute atomic E-state index is 0.0704. The topological polar surface area (TPSA) is 105 Å². The van der Waals surface area contributed by atoms with Crippen LogP contribution in [0.2, 0.25) is 5.02 Å². The first-order valence-electron chi connectivity index (χ1n) is 6.83. The van der Waals surface area contributed by atoms with Gasteiger partial charge >= 0.3 is 0 Å². The third-order valence-corrected chi connectivity index (χ3v) is 3.50. The fraction of sp³-hybridized carbons (Fsp3) is 0.267. The predicted molar refractivity (Wildman–Crippen MR) is 85.2 cm³/mol. The van der Waals surface area contributed by atoms with Gasteiger partial charge < -0.3 is 15.6 Å². The first kappa shape index (κ1) is 16.0. The van der Waals surface area contributed by atoms with E-state index in [9.17, 15) is 4.79 Å². The normalized spacial score (nSPS) is 10.5. The number of rotatable bonds is 6. The molecule has 7 heteroatoms. The van der Waals surface area contributed by atoms with Gasteiger partial charge in [0.1, 0.15) is 11.5 Å². The molecule has 0 aliphatic rings. The summed E-state index contributed by atoms with van der Waals surface area (Å²) in [5.41, 5.74) is 6.78. The minimum Gasteiger partial charge on any atom is -0.370 e. The second-order valence-electron chi connectivity index (χ2n) is 4.81. The molecule has 2 rings (SSSR count). The van der Waals surface area contributed by atoms with Crippen LogP contribution in [0.1, 0.15) is 29.0 Å². The number of halogens is 1. The van der Waals surface area contributed by atoms with E-state index in [-0.39, 0.29) is 11.7 Å². The molecule has 0 unspecified atom stereocenters. The van der Waals surface area contributed by atoms with E-state index < -0.39 is 0 Å². The van der Waals surface area contributed by atoms with Crippen molar-refractivity contribution in [1.82, 2.24) is 10.5 Å². The van der Waals surface area contributed by atoms with E-state index in [0.29, 0.717) is 47.0 Å². The number of hydrogen-bond donors (Lipinski definition) is 3. The van der Waals surface area contributed by atoms with Crippen molar-refractivity contribution in [2.45, 2.75) is 19.8 Å². The van der Waals surface area contributed by atoms with Crippen molar-refractivity contribution in [3.8, 4) is 11.3 Å². The van der Waals surface area contributed by atoms with Crippen LogP contribution in [-0.4, -0.2) is 23.4 Å². The molecule has 0 aliphatic carbocycles. The van der Waals surface area contributed by atoms with Gasteiger partial charge in [-0.3, -0.25) is 10.2 Å². The Morgan fingerprint density at radius 1 is 1.45 bits per heavy atom. The molecular weight excluding hydrogens is 304 g/mol. The lowest BCUT2D eigenvalue weighted by Crippen LogP contribution is -2.31. The fourth-order valence-corrected chi connectivity index (χ4v) is 2.36. The Balaban J connectivity index is 2.18. The van der Waals surface area contributed by atoms with E-state index >= 15 is 0 Å². The number of carbonyl (C=O) groups excluding carboxylic acids is 1. The molecule has 1 aromatic carbocycles. The SMILES string of the molecule is Cc1onc(-c2ccccc2Cl)c1C(=O)CCCNC(=N)N. The summed E-state index contributed by atoms with van der Waals surface area (Å²) in [4.78, 5) is 12.4. The number of guanidine groups is 1. The van der Waals surface area contributed by atoms with E-state index in [0.717, 1.165) is 0 Å². The lowest BCUT2D eigenvalue weighted by Gasteiger charge is -2.05. The van der Waals surface area contributed by atoms with Crippen molar-refractivity contribution < 1.29 is 9.32 Å². The van der Waals surface area contributed by atoms with Gasteiger partial charge in [-0.05, 0) is 19.4 Å². The molecular formula is C15H17ClN4O2. The van der Waals surface area contributed by atoms with Crippen LogP contribution in [0.3, 0.4) is 0 Å². The van der Waals surface area contributed by atoms with Gasteiger partial charge in [0.25, 0.3) is 0 Å². The van der Waals surface area contributed by atoms with Crippen LogP contribution >= 0.6 is 11.6 Å². The van der Waals surface area contributed by atoms with Crippen molar-refractivity contribution in [3.63, 3.8) is 0 Å². The first-order chi connectivity index (χ1) is 10.5. The maximum absolute atomic E-state index is 12.4. The van der Waals surface area contributed by atoms with Crippen LogP contribution in [0, 0.1) is 12.3 Å². The summed E-state index contributed by atoms with van der Waals surface area (Å²) < 4.78 is 5.17. The summed E-state index contributed by atoms with van der Waals surface area (Å²) >= 11 is 6.17. The Morgan fingerprint density at radius 3 is 2.86 bits per heavy atom. The van der Waals surface area contributed by atoms with Crippen LogP contribution in [0.15, 0.2) is 28.8 Å². The van der Waals surface area contributed by atoms with E-state index in [2.05, 4.69) is 10.5 Å². The van der Waals surface area contributed by atoms with E-state index in [4.69, 9.17) is 27.3 Å². The molecule has 0 saturated heterocycles. The zero-order valence-electron chi connectivity index (χ0n) is 12.1. The lowest BCUT2D eigenvalue weighted by atomic mass is 10.0. The van der Waals surface area contributed by atoms with Crippen LogP contribution < -0.4 is 11.1 Å². The molecule has 1 heterocycles. The molecule has 116 valence electrons. The molecule has 0 aliphatic heterocycles. The molecule has 1 aromatic heterocycles. The molecule has 0 saturated carbocycles. The standard InChI is InChI=1S/C15H17ClN4O2/c1-9-13(12(21)7-4-8-19-15(17)18)14(20-22-9)10-5-2-3-6-11(10)16/h2-3,5-6H,4,7-8H2,1H3,(H4,17,18,19). The second kappa shape index (κ2) is 7.09. The first-order valence-corrected chi connectivity index (χ1v) is 7.20. The van der Waals surface area contributed by atoms with Gasteiger partial charge in [-0.15, -0.1) is 0 Å². The molecule has 0 bridgehead atoms. The monoisotopic (exact) mass is 320 g/mol. The molecule has 0 atom stereocenters. The molecule has 4 N–H and O–H groups in total. The second-order valence-corrected chi connectivity index (χ2v) is 5.22. The summed E-state index contributed by atoms with van der Waals surface area (Å²) in [5.74, 6) is 0.295. The lowest BCUT2D eigenvalue weighted by molar-refractivity contribution is 0.0979. The third kappa shape index (κ3) is 3.65. The average molecular weight is 321 g/mol. The molecule has 0 fully saturated rings. The number of hydrogen-bond acceptors (Lipinski definition) is 4. The molecule has 0 spiro atoms. The highest BCUT2D eigenvalue weighted by molar-refractivity contribution is 6.33. The highest BCUT2D eigenvalue weighted by atomic mass is 35.5. The van der Waals surface area contributed by atoms with Crippen LogP contribution in [0.25, 0.3) is 11.3 Å². The summed E-state index contributed by atoms with van der Waals surface area (Å²) in [6.07, 6.45) is 0.866. The number of aryl methyl sites for hydroxylation is 1. The van der Waals surface area contributed by atoms with Gasteiger partial charge in [0.2, 0.25) is 0 Å². The summed E-state index contributed by atoms with van der Waals surface area (Å²) in [5, 5.41) is 14.2. The average Bonchev–Trinajstić information content (AvgIpc) is 2.85. The number of nitrogens with one attached hydrogen (secondary N) is 2. The summed E-state index contributed by atoms with van der Waals surface area (Å²) in [6, 6.07) is 7.18. The van der Waals surface area contributed by atoms with E-state index in [1.807, 2.05) is 12.1 Å². The van der Waals surface area contributed by atoms with E-state index in [1.165, 1.54) is 0 Å².